The summed E-state index contributed by atoms with van der Waals surface area (Å²) in [6.45, 7) is 4.40. The maximum atomic E-state index is 13.2. The number of hydrogen-bond donors (Lipinski definition) is 2. The molecule has 3 heterocycles. The van der Waals surface area contributed by atoms with Gasteiger partial charge in [-0.1, -0.05) is 24.3 Å². The number of rotatable bonds is 3. The molecule has 0 radical (unpaired) electrons. The van der Waals surface area contributed by atoms with Crippen molar-refractivity contribution in [3.05, 3.63) is 53.5 Å². The number of H-pyrrole nitrogens is 1. The molecule has 2 aliphatic rings. The van der Waals surface area contributed by atoms with Crippen molar-refractivity contribution in [3.63, 3.8) is 0 Å². The number of anilines is 1. The van der Waals surface area contributed by atoms with Gasteiger partial charge in [0.05, 0.1) is 24.1 Å². The summed E-state index contributed by atoms with van der Waals surface area (Å²) in [6.07, 6.45) is -1.11. The van der Waals surface area contributed by atoms with Gasteiger partial charge in [-0.3, -0.25) is 4.90 Å². The zero-order valence-electron chi connectivity index (χ0n) is 17.1. The standard InChI is InChI=1S/C22H24F3N5O/c1-13-11-30(8-9-31-13)17-7-6-14-4-2-3-5-15(14)19(17)29-21-16-10-18(22(23,24)25)28-20(16)26-12-27-21/h2-5,10,12-13,17,19H,6-9,11H2,1H3,(H2,26,27,28,29)/t13-,17+,19+/m0/s1. The van der Waals surface area contributed by atoms with Crippen LogP contribution in [0.25, 0.3) is 11.0 Å². The van der Waals surface area contributed by atoms with E-state index in [4.69, 9.17) is 4.74 Å². The van der Waals surface area contributed by atoms with Gasteiger partial charge in [0.1, 0.15) is 23.5 Å². The van der Waals surface area contributed by atoms with Crippen LogP contribution in [0.1, 0.15) is 36.2 Å². The van der Waals surface area contributed by atoms with Crippen molar-refractivity contribution in [1.82, 2.24) is 19.9 Å². The Bertz CT molecular complexity index is 1080. The molecule has 1 saturated heterocycles. The Morgan fingerprint density at radius 2 is 2.06 bits per heavy atom. The summed E-state index contributed by atoms with van der Waals surface area (Å²) in [4.78, 5) is 13.1. The topological polar surface area (TPSA) is 66.1 Å². The van der Waals surface area contributed by atoms with Gasteiger partial charge in [0.15, 0.2) is 0 Å². The van der Waals surface area contributed by atoms with E-state index in [1.165, 1.54) is 11.9 Å². The molecule has 1 fully saturated rings. The van der Waals surface area contributed by atoms with E-state index in [-0.39, 0.29) is 23.8 Å². The van der Waals surface area contributed by atoms with Crippen LogP contribution < -0.4 is 5.32 Å². The van der Waals surface area contributed by atoms with Crippen LogP contribution in [-0.4, -0.2) is 51.7 Å². The van der Waals surface area contributed by atoms with Crippen LogP contribution in [0.15, 0.2) is 36.7 Å². The van der Waals surface area contributed by atoms with E-state index in [2.05, 4.69) is 44.2 Å². The molecule has 3 atom stereocenters. The number of hydrogen-bond acceptors (Lipinski definition) is 5. The summed E-state index contributed by atoms with van der Waals surface area (Å²) >= 11 is 0. The monoisotopic (exact) mass is 431 g/mol. The van der Waals surface area contributed by atoms with E-state index in [1.807, 2.05) is 12.1 Å². The molecule has 3 aromatic rings. The van der Waals surface area contributed by atoms with Gasteiger partial charge in [-0.25, -0.2) is 9.97 Å². The van der Waals surface area contributed by atoms with Gasteiger partial charge in [0.2, 0.25) is 0 Å². The number of alkyl halides is 3. The molecular weight excluding hydrogens is 407 g/mol. The fourth-order valence-electron chi connectivity index (χ4n) is 4.81. The molecule has 0 spiro atoms. The molecule has 0 amide bonds. The number of aryl methyl sites for hydroxylation is 1. The highest BCUT2D eigenvalue weighted by atomic mass is 19.4. The van der Waals surface area contributed by atoms with Gasteiger partial charge >= 0.3 is 6.18 Å². The van der Waals surface area contributed by atoms with E-state index in [0.29, 0.717) is 17.8 Å². The van der Waals surface area contributed by atoms with Crippen molar-refractivity contribution >= 4 is 16.9 Å². The lowest BCUT2D eigenvalue weighted by Crippen LogP contribution is -2.51. The average Bonchev–Trinajstić information content (AvgIpc) is 3.20. The third kappa shape index (κ3) is 3.87. The first-order valence-corrected chi connectivity index (χ1v) is 10.5. The van der Waals surface area contributed by atoms with Crippen LogP contribution in [-0.2, 0) is 17.3 Å². The summed E-state index contributed by atoms with van der Waals surface area (Å²) in [6, 6.07) is 9.42. The zero-order valence-corrected chi connectivity index (χ0v) is 17.1. The molecule has 5 rings (SSSR count). The Morgan fingerprint density at radius 3 is 2.87 bits per heavy atom. The third-order valence-corrected chi connectivity index (χ3v) is 6.25. The SMILES string of the molecule is C[C@H]1CN([C@@H]2CCc3ccccc3[C@H]2Nc2ncnc3[nH]c(C(F)(F)F)cc23)CCO1. The van der Waals surface area contributed by atoms with E-state index < -0.39 is 11.9 Å². The summed E-state index contributed by atoms with van der Waals surface area (Å²) in [5.41, 5.74) is 1.77. The number of halogens is 3. The minimum absolute atomic E-state index is 0.0995. The maximum Gasteiger partial charge on any atom is 0.431 e. The number of ether oxygens (including phenoxy) is 1. The number of fused-ring (bicyclic) bond motifs is 2. The summed E-state index contributed by atoms with van der Waals surface area (Å²) in [5.74, 6) is 0.407. The molecular formula is C22H24F3N5O. The van der Waals surface area contributed by atoms with Crippen molar-refractivity contribution in [2.24, 2.45) is 0 Å². The van der Waals surface area contributed by atoms with E-state index in [1.54, 1.807) is 0 Å². The lowest BCUT2D eigenvalue weighted by Gasteiger charge is -2.44. The molecule has 164 valence electrons. The van der Waals surface area contributed by atoms with Crippen LogP contribution in [0.5, 0.6) is 0 Å². The molecule has 0 saturated carbocycles. The van der Waals surface area contributed by atoms with Crippen LogP contribution in [0.3, 0.4) is 0 Å². The van der Waals surface area contributed by atoms with Gasteiger partial charge < -0.3 is 15.0 Å². The minimum atomic E-state index is -4.47. The molecule has 0 bridgehead atoms. The van der Waals surface area contributed by atoms with Gasteiger partial charge in [0, 0.05) is 19.1 Å². The van der Waals surface area contributed by atoms with E-state index in [0.717, 1.165) is 37.6 Å². The van der Waals surface area contributed by atoms with Gasteiger partial charge in [0.25, 0.3) is 0 Å². The number of aromatic nitrogens is 3. The Kier molecular flexibility index (Phi) is 5.10. The van der Waals surface area contributed by atoms with Crippen molar-refractivity contribution in [3.8, 4) is 0 Å². The molecule has 2 aromatic heterocycles. The molecule has 6 nitrogen and oxygen atoms in total. The van der Waals surface area contributed by atoms with Crippen molar-refractivity contribution < 1.29 is 17.9 Å². The quantitative estimate of drug-likeness (QED) is 0.652. The van der Waals surface area contributed by atoms with Crippen LogP contribution in [0.2, 0.25) is 0 Å². The highest BCUT2D eigenvalue weighted by molar-refractivity contribution is 5.88. The largest absolute Gasteiger partial charge is 0.431 e. The predicted octanol–water partition coefficient (Wildman–Crippen LogP) is 4.17. The van der Waals surface area contributed by atoms with Crippen LogP contribution in [0, 0.1) is 0 Å². The molecule has 2 N–H and O–H groups in total. The van der Waals surface area contributed by atoms with Gasteiger partial charge in [-0.05, 0) is 37.0 Å². The second kappa shape index (κ2) is 7.80. The maximum absolute atomic E-state index is 13.2. The number of nitrogens with one attached hydrogen (secondary N) is 2. The minimum Gasteiger partial charge on any atom is -0.376 e. The lowest BCUT2D eigenvalue weighted by atomic mass is 9.83. The van der Waals surface area contributed by atoms with E-state index in [9.17, 15) is 13.2 Å². The number of morpholine rings is 1. The third-order valence-electron chi connectivity index (χ3n) is 6.25. The molecule has 9 heteroatoms. The molecule has 0 unspecified atom stereocenters. The van der Waals surface area contributed by atoms with Crippen molar-refractivity contribution in [2.45, 2.75) is 44.1 Å². The van der Waals surface area contributed by atoms with Gasteiger partial charge in [-0.15, -0.1) is 0 Å². The molecule has 1 aliphatic carbocycles. The Balaban J connectivity index is 1.54. The van der Waals surface area contributed by atoms with Crippen LogP contribution in [0.4, 0.5) is 19.0 Å². The molecule has 31 heavy (non-hydrogen) atoms. The highest BCUT2D eigenvalue weighted by Crippen LogP contribution is 2.38. The van der Waals surface area contributed by atoms with E-state index >= 15 is 0 Å². The number of benzene rings is 1. The second-order valence-electron chi connectivity index (χ2n) is 8.27. The van der Waals surface area contributed by atoms with Crippen LogP contribution >= 0.6 is 0 Å². The second-order valence-corrected chi connectivity index (χ2v) is 8.27. The van der Waals surface area contributed by atoms with Crippen molar-refractivity contribution in [2.75, 3.05) is 25.0 Å². The first kappa shape index (κ1) is 20.3. The van der Waals surface area contributed by atoms with Crippen molar-refractivity contribution in [1.29, 1.82) is 0 Å². The summed E-state index contributed by atoms with van der Waals surface area (Å²) in [7, 11) is 0. The fraction of sp³-hybridized carbons (Fsp3) is 0.455. The Labute approximate surface area is 177 Å². The summed E-state index contributed by atoms with van der Waals surface area (Å²) < 4.78 is 45.4. The smallest absolute Gasteiger partial charge is 0.376 e. The highest BCUT2D eigenvalue weighted by Gasteiger charge is 2.37. The fourth-order valence-corrected chi connectivity index (χ4v) is 4.81. The lowest BCUT2D eigenvalue weighted by molar-refractivity contribution is -0.140. The van der Waals surface area contributed by atoms with Gasteiger partial charge in [-0.2, -0.15) is 13.2 Å². The number of aromatic amines is 1. The Hall–Kier alpha value is -2.65. The molecule has 1 aromatic carbocycles. The first-order valence-electron chi connectivity index (χ1n) is 10.5. The normalized spacial score (nSPS) is 24.8. The molecule has 1 aliphatic heterocycles. The number of nitrogens with zero attached hydrogens (tertiary/aromatic N) is 3. The Morgan fingerprint density at radius 1 is 1.23 bits per heavy atom. The predicted molar refractivity (Wildman–Crippen MR) is 111 cm³/mol. The average molecular weight is 431 g/mol. The summed E-state index contributed by atoms with van der Waals surface area (Å²) in [5, 5.41) is 3.83. The first-order chi connectivity index (χ1) is 14.9. The zero-order chi connectivity index (χ0) is 21.6.